The topological polar surface area (TPSA) is 52.6 Å². The molecule has 0 aromatic rings. The molecule has 1 saturated carbocycles. The standard InChI is InChI=1S/C12H24N2O2/c1-4-14(5-2)11(15)10(3)13-9-12(16)7-6-8-12/h10,13,16H,4-9H2,1-3H3. The lowest BCUT2D eigenvalue weighted by Crippen LogP contribution is -2.52. The Morgan fingerprint density at radius 3 is 2.38 bits per heavy atom. The molecule has 1 amide bonds. The molecule has 94 valence electrons. The van der Waals surface area contributed by atoms with E-state index in [2.05, 4.69) is 5.32 Å². The average Bonchev–Trinajstić information content (AvgIpc) is 2.24. The quantitative estimate of drug-likeness (QED) is 0.705. The van der Waals surface area contributed by atoms with Crippen molar-refractivity contribution in [2.45, 2.75) is 51.7 Å². The van der Waals surface area contributed by atoms with Gasteiger partial charge < -0.3 is 15.3 Å². The maximum absolute atomic E-state index is 11.9. The highest BCUT2D eigenvalue weighted by molar-refractivity contribution is 5.81. The fourth-order valence-electron chi connectivity index (χ4n) is 2.00. The molecule has 1 fully saturated rings. The van der Waals surface area contributed by atoms with Gasteiger partial charge in [-0.15, -0.1) is 0 Å². The Morgan fingerprint density at radius 1 is 1.44 bits per heavy atom. The van der Waals surface area contributed by atoms with Crippen LogP contribution in [0.4, 0.5) is 0 Å². The van der Waals surface area contributed by atoms with Crippen LogP contribution in [0.5, 0.6) is 0 Å². The van der Waals surface area contributed by atoms with Gasteiger partial charge in [-0.3, -0.25) is 4.79 Å². The van der Waals surface area contributed by atoms with Crippen LogP contribution in [0.1, 0.15) is 40.0 Å². The van der Waals surface area contributed by atoms with E-state index in [1.165, 1.54) is 0 Å². The van der Waals surface area contributed by atoms with E-state index in [9.17, 15) is 9.90 Å². The third kappa shape index (κ3) is 3.19. The second-order valence-electron chi connectivity index (χ2n) is 4.69. The van der Waals surface area contributed by atoms with E-state index >= 15 is 0 Å². The minimum atomic E-state index is -0.558. The molecule has 0 spiro atoms. The van der Waals surface area contributed by atoms with E-state index in [0.717, 1.165) is 32.4 Å². The first-order valence-electron chi connectivity index (χ1n) is 6.27. The van der Waals surface area contributed by atoms with Gasteiger partial charge in [0.05, 0.1) is 11.6 Å². The van der Waals surface area contributed by atoms with E-state index in [4.69, 9.17) is 0 Å². The van der Waals surface area contributed by atoms with E-state index in [1.54, 1.807) is 0 Å². The number of amides is 1. The first-order chi connectivity index (χ1) is 7.52. The monoisotopic (exact) mass is 228 g/mol. The Hall–Kier alpha value is -0.610. The zero-order valence-corrected chi connectivity index (χ0v) is 10.6. The van der Waals surface area contributed by atoms with Crippen LogP contribution in [0.25, 0.3) is 0 Å². The van der Waals surface area contributed by atoms with Crippen molar-refractivity contribution in [1.29, 1.82) is 0 Å². The molecule has 1 rings (SSSR count). The maximum atomic E-state index is 11.9. The summed E-state index contributed by atoms with van der Waals surface area (Å²) in [6, 6.07) is -0.204. The Kier molecular flexibility index (Phi) is 4.74. The summed E-state index contributed by atoms with van der Waals surface area (Å²) in [6.07, 6.45) is 2.80. The number of nitrogens with zero attached hydrogens (tertiary/aromatic N) is 1. The Morgan fingerprint density at radius 2 is 2.00 bits per heavy atom. The van der Waals surface area contributed by atoms with Gasteiger partial charge in [-0.2, -0.15) is 0 Å². The predicted octanol–water partition coefficient (Wildman–Crippen LogP) is 0.748. The first-order valence-corrected chi connectivity index (χ1v) is 6.27. The highest BCUT2D eigenvalue weighted by Crippen LogP contribution is 2.30. The molecule has 0 aromatic carbocycles. The van der Waals surface area contributed by atoms with Crippen LogP contribution in [0.15, 0.2) is 0 Å². The molecule has 0 heterocycles. The number of carbonyl (C=O) groups is 1. The summed E-state index contributed by atoms with van der Waals surface area (Å²) in [4.78, 5) is 13.7. The zero-order chi connectivity index (χ0) is 12.2. The molecule has 0 aromatic heterocycles. The molecule has 1 unspecified atom stereocenters. The van der Waals surface area contributed by atoms with Gasteiger partial charge in [-0.25, -0.2) is 0 Å². The Bertz CT molecular complexity index is 235. The first kappa shape index (κ1) is 13.5. The van der Waals surface area contributed by atoms with E-state index < -0.39 is 5.60 Å². The summed E-state index contributed by atoms with van der Waals surface area (Å²) in [5, 5.41) is 13.0. The Labute approximate surface area is 98.0 Å². The number of rotatable bonds is 6. The SMILES string of the molecule is CCN(CC)C(=O)C(C)NCC1(O)CCC1. The number of hydrogen-bond acceptors (Lipinski definition) is 3. The minimum absolute atomic E-state index is 0.118. The molecule has 0 bridgehead atoms. The van der Waals surface area contributed by atoms with Crippen molar-refractivity contribution >= 4 is 5.91 Å². The van der Waals surface area contributed by atoms with Crippen LogP contribution in [0.2, 0.25) is 0 Å². The van der Waals surface area contributed by atoms with E-state index in [-0.39, 0.29) is 11.9 Å². The molecular formula is C12H24N2O2. The van der Waals surface area contributed by atoms with Gasteiger partial charge in [-0.05, 0) is 40.0 Å². The van der Waals surface area contributed by atoms with Gasteiger partial charge in [0.15, 0.2) is 0 Å². The number of aliphatic hydroxyl groups is 1. The van der Waals surface area contributed by atoms with Gasteiger partial charge in [-0.1, -0.05) is 0 Å². The molecule has 16 heavy (non-hydrogen) atoms. The van der Waals surface area contributed by atoms with E-state index in [0.29, 0.717) is 6.54 Å². The zero-order valence-electron chi connectivity index (χ0n) is 10.6. The van der Waals surface area contributed by atoms with Gasteiger partial charge in [0.1, 0.15) is 0 Å². The molecule has 2 N–H and O–H groups in total. The fourth-order valence-corrected chi connectivity index (χ4v) is 2.00. The molecule has 4 heteroatoms. The summed E-state index contributed by atoms with van der Waals surface area (Å²) < 4.78 is 0. The normalized spacial score (nSPS) is 20.0. The highest BCUT2D eigenvalue weighted by atomic mass is 16.3. The smallest absolute Gasteiger partial charge is 0.239 e. The summed E-state index contributed by atoms with van der Waals surface area (Å²) in [6.45, 7) is 7.84. The van der Waals surface area contributed by atoms with Crippen molar-refractivity contribution in [3.05, 3.63) is 0 Å². The third-order valence-corrected chi connectivity index (χ3v) is 3.47. The lowest BCUT2D eigenvalue weighted by atomic mass is 9.80. The van der Waals surface area contributed by atoms with Crippen LogP contribution in [-0.2, 0) is 4.79 Å². The summed E-state index contributed by atoms with van der Waals surface area (Å²) in [5.41, 5.74) is -0.558. The summed E-state index contributed by atoms with van der Waals surface area (Å²) >= 11 is 0. The second kappa shape index (κ2) is 5.64. The number of hydrogen-bond donors (Lipinski definition) is 2. The van der Waals surface area contributed by atoms with E-state index in [1.807, 2.05) is 25.7 Å². The molecule has 0 aliphatic heterocycles. The second-order valence-corrected chi connectivity index (χ2v) is 4.69. The summed E-state index contributed by atoms with van der Waals surface area (Å²) in [7, 11) is 0. The van der Waals surface area contributed by atoms with Gasteiger partial charge in [0.25, 0.3) is 0 Å². The fraction of sp³-hybridized carbons (Fsp3) is 0.917. The van der Waals surface area contributed by atoms with Gasteiger partial charge in [0, 0.05) is 19.6 Å². The van der Waals surface area contributed by atoms with Gasteiger partial charge in [0.2, 0.25) is 5.91 Å². The molecule has 0 radical (unpaired) electrons. The third-order valence-electron chi connectivity index (χ3n) is 3.47. The molecular weight excluding hydrogens is 204 g/mol. The van der Waals surface area contributed by atoms with Crippen LogP contribution in [0.3, 0.4) is 0 Å². The van der Waals surface area contributed by atoms with Gasteiger partial charge >= 0.3 is 0 Å². The van der Waals surface area contributed by atoms with Crippen molar-refractivity contribution < 1.29 is 9.90 Å². The van der Waals surface area contributed by atoms with Crippen LogP contribution in [-0.4, -0.2) is 47.2 Å². The molecule has 1 atom stereocenters. The average molecular weight is 228 g/mol. The Balaban J connectivity index is 2.33. The van der Waals surface area contributed by atoms with Crippen LogP contribution >= 0.6 is 0 Å². The molecule has 1 aliphatic carbocycles. The lowest BCUT2D eigenvalue weighted by Gasteiger charge is -2.37. The van der Waals surface area contributed by atoms with Crippen molar-refractivity contribution in [3.63, 3.8) is 0 Å². The van der Waals surface area contributed by atoms with Crippen molar-refractivity contribution in [3.8, 4) is 0 Å². The van der Waals surface area contributed by atoms with Crippen molar-refractivity contribution in [2.75, 3.05) is 19.6 Å². The molecule has 4 nitrogen and oxygen atoms in total. The number of nitrogens with one attached hydrogen (secondary N) is 1. The minimum Gasteiger partial charge on any atom is -0.389 e. The number of likely N-dealkylation sites (N-methyl/N-ethyl adjacent to an activating group) is 1. The van der Waals surface area contributed by atoms with Crippen molar-refractivity contribution in [1.82, 2.24) is 10.2 Å². The van der Waals surface area contributed by atoms with Crippen LogP contribution < -0.4 is 5.32 Å². The molecule has 0 saturated heterocycles. The predicted molar refractivity (Wildman–Crippen MR) is 64.2 cm³/mol. The van der Waals surface area contributed by atoms with Crippen LogP contribution in [0, 0.1) is 0 Å². The summed E-state index contributed by atoms with van der Waals surface area (Å²) in [5.74, 6) is 0.118. The maximum Gasteiger partial charge on any atom is 0.239 e. The molecule has 1 aliphatic rings. The lowest BCUT2D eigenvalue weighted by molar-refractivity contribution is -0.133. The largest absolute Gasteiger partial charge is 0.389 e. The number of carbonyl (C=O) groups excluding carboxylic acids is 1. The highest BCUT2D eigenvalue weighted by Gasteiger charge is 2.34. The van der Waals surface area contributed by atoms with Crippen molar-refractivity contribution in [2.24, 2.45) is 0 Å².